The number of anilines is 1. The van der Waals surface area contributed by atoms with E-state index in [1.807, 2.05) is 0 Å². The Hall–Kier alpha value is -1.83. The number of nitrogens with zero attached hydrogens (tertiary/aromatic N) is 1. The summed E-state index contributed by atoms with van der Waals surface area (Å²) >= 11 is 0. The van der Waals surface area contributed by atoms with Crippen LogP contribution in [0.25, 0.3) is 0 Å². The molecule has 2 atom stereocenters. The van der Waals surface area contributed by atoms with Crippen LogP contribution in [0, 0.1) is 16.0 Å². The lowest BCUT2D eigenvalue weighted by Crippen LogP contribution is -2.28. The minimum atomic E-state index is -3.49. The zero-order valence-electron chi connectivity index (χ0n) is 12.6. The zero-order valence-corrected chi connectivity index (χ0v) is 13.4. The van der Waals surface area contributed by atoms with Crippen molar-refractivity contribution in [1.82, 2.24) is 0 Å². The maximum Gasteiger partial charge on any atom is 0.273 e. The number of hydrogen-bond acceptors (Lipinski definition) is 5. The Balaban J connectivity index is 2.32. The molecule has 0 saturated heterocycles. The van der Waals surface area contributed by atoms with Crippen molar-refractivity contribution in [2.75, 3.05) is 11.0 Å². The van der Waals surface area contributed by atoms with Gasteiger partial charge in [-0.2, -0.15) is 0 Å². The number of benzene rings is 1. The normalized spacial score (nSPS) is 22.1. The number of hydrogen-bond donors (Lipinski definition) is 1. The Bertz CT molecular complexity index is 659. The zero-order chi connectivity index (χ0) is 16.3. The first-order chi connectivity index (χ1) is 10.3. The van der Waals surface area contributed by atoms with Crippen molar-refractivity contribution >= 4 is 21.4 Å². The van der Waals surface area contributed by atoms with Crippen LogP contribution in [0.5, 0.6) is 5.75 Å². The molecule has 0 radical (unpaired) electrons. The van der Waals surface area contributed by atoms with Crippen LogP contribution in [0.15, 0.2) is 18.2 Å². The Morgan fingerprint density at radius 1 is 1.32 bits per heavy atom. The number of sulfonamides is 1. The molecule has 7 nitrogen and oxygen atoms in total. The second-order valence-corrected chi connectivity index (χ2v) is 7.48. The van der Waals surface area contributed by atoms with Crippen LogP contribution in [0.2, 0.25) is 0 Å². The lowest BCUT2D eigenvalue weighted by atomic mass is 9.88. The Morgan fingerprint density at radius 3 is 2.59 bits per heavy atom. The van der Waals surface area contributed by atoms with E-state index in [1.54, 1.807) is 0 Å². The van der Waals surface area contributed by atoms with Gasteiger partial charge in [-0.1, -0.05) is 13.3 Å². The van der Waals surface area contributed by atoms with Crippen molar-refractivity contribution in [3.63, 3.8) is 0 Å². The summed E-state index contributed by atoms with van der Waals surface area (Å²) in [4.78, 5) is 10.4. The molecule has 2 unspecified atom stereocenters. The predicted molar refractivity (Wildman–Crippen MR) is 83.6 cm³/mol. The van der Waals surface area contributed by atoms with Gasteiger partial charge in [-0.05, 0) is 31.2 Å². The minimum absolute atomic E-state index is 0.0594. The first-order valence-electron chi connectivity index (χ1n) is 7.19. The van der Waals surface area contributed by atoms with Gasteiger partial charge in [-0.3, -0.25) is 14.8 Å². The van der Waals surface area contributed by atoms with E-state index in [1.165, 1.54) is 18.2 Å². The van der Waals surface area contributed by atoms with Crippen LogP contribution in [-0.2, 0) is 10.0 Å². The van der Waals surface area contributed by atoms with Crippen molar-refractivity contribution in [1.29, 1.82) is 0 Å². The van der Waals surface area contributed by atoms with Gasteiger partial charge in [0.25, 0.3) is 5.69 Å². The number of non-ortho nitro benzene ring substituents is 1. The van der Waals surface area contributed by atoms with Gasteiger partial charge in [-0.25, -0.2) is 8.42 Å². The summed E-state index contributed by atoms with van der Waals surface area (Å²) in [5.74, 6) is 0.539. The van der Waals surface area contributed by atoms with Gasteiger partial charge >= 0.3 is 0 Å². The summed E-state index contributed by atoms with van der Waals surface area (Å²) in [6, 6.07) is 3.89. The molecule has 0 heterocycles. The average molecular weight is 328 g/mol. The largest absolute Gasteiger partial charge is 0.488 e. The fourth-order valence-electron chi connectivity index (χ4n) is 2.63. The number of rotatable bonds is 5. The standard InChI is InChI=1S/C14H20N2O5S/c1-10-5-3-4-6-13(10)21-14-9-11(16(17)18)7-8-12(14)15-22(2,19)20/h7-10,13,15H,3-6H2,1-2H3. The number of nitrogens with one attached hydrogen (secondary N) is 1. The maximum atomic E-state index is 11.4. The Kier molecular flexibility index (Phi) is 4.90. The molecule has 0 bridgehead atoms. The fraction of sp³-hybridized carbons (Fsp3) is 0.571. The van der Waals surface area contributed by atoms with Crippen LogP contribution in [0.3, 0.4) is 0 Å². The highest BCUT2D eigenvalue weighted by Crippen LogP contribution is 2.34. The van der Waals surface area contributed by atoms with Crippen LogP contribution in [0.4, 0.5) is 11.4 Å². The molecule has 1 fully saturated rings. The molecule has 8 heteroatoms. The number of nitro groups is 1. The summed E-state index contributed by atoms with van der Waals surface area (Å²) < 4.78 is 31.1. The molecule has 1 aliphatic rings. The van der Waals surface area contributed by atoms with E-state index in [4.69, 9.17) is 4.74 Å². The molecular formula is C14H20N2O5S. The van der Waals surface area contributed by atoms with Gasteiger partial charge in [0.2, 0.25) is 10.0 Å². The first-order valence-corrected chi connectivity index (χ1v) is 9.08. The lowest BCUT2D eigenvalue weighted by molar-refractivity contribution is -0.384. The van der Waals surface area contributed by atoms with E-state index >= 15 is 0 Å². The summed E-state index contributed by atoms with van der Waals surface area (Å²) in [6.07, 6.45) is 5.05. The Labute approximate surface area is 129 Å². The summed E-state index contributed by atoms with van der Waals surface area (Å²) in [7, 11) is -3.49. The third-order valence-electron chi connectivity index (χ3n) is 3.78. The topological polar surface area (TPSA) is 98.5 Å². The minimum Gasteiger partial charge on any atom is -0.488 e. The smallest absolute Gasteiger partial charge is 0.273 e. The number of nitro benzene ring substituents is 1. The molecule has 1 N–H and O–H groups in total. The van der Waals surface area contributed by atoms with Crippen molar-refractivity contribution in [3.05, 3.63) is 28.3 Å². The van der Waals surface area contributed by atoms with E-state index in [9.17, 15) is 18.5 Å². The van der Waals surface area contributed by atoms with Crippen molar-refractivity contribution in [2.24, 2.45) is 5.92 Å². The summed E-state index contributed by atoms with van der Waals surface area (Å²) in [5, 5.41) is 10.9. The lowest BCUT2D eigenvalue weighted by Gasteiger charge is -2.30. The van der Waals surface area contributed by atoms with Gasteiger partial charge in [0, 0.05) is 6.07 Å². The van der Waals surface area contributed by atoms with Crippen molar-refractivity contribution in [2.45, 2.75) is 38.7 Å². The van der Waals surface area contributed by atoms with Crippen LogP contribution >= 0.6 is 0 Å². The molecule has 22 heavy (non-hydrogen) atoms. The first kappa shape index (κ1) is 16.5. The molecule has 2 rings (SSSR count). The van der Waals surface area contributed by atoms with E-state index in [-0.39, 0.29) is 23.2 Å². The van der Waals surface area contributed by atoms with Crippen molar-refractivity contribution < 1.29 is 18.1 Å². The van der Waals surface area contributed by atoms with Crippen LogP contribution in [-0.4, -0.2) is 25.7 Å². The van der Waals surface area contributed by atoms with E-state index in [0.717, 1.165) is 31.9 Å². The monoisotopic (exact) mass is 328 g/mol. The fourth-order valence-corrected chi connectivity index (χ4v) is 3.19. The van der Waals surface area contributed by atoms with E-state index < -0.39 is 14.9 Å². The molecule has 0 aliphatic heterocycles. The maximum absolute atomic E-state index is 11.4. The van der Waals surface area contributed by atoms with Gasteiger partial charge in [-0.15, -0.1) is 0 Å². The van der Waals surface area contributed by atoms with Crippen molar-refractivity contribution in [3.8, 4) is 5.75 Å². The second kappa shape index (κ2) is 6.51. The third-order valence-corrected chi connectivity index (χ3v) is 4.37. The van der Waals surface area contributed by atoms with E-state index in [0.29, 0.717) is 5.92 Å². The highest BCUT2D eigenvalue weighted by molar-refractivity contribution is 7.92. The predicted octanol–water partition coefficient (Wildman–Crippen LogP) is 2.92. The third kappa shape index (κ3) is 4.33. The SMILES string of the molecule is CC1CCCCC1Oc1cc([N+](=O)[O-])ccc1NS(C)(=O)=O. The molecule has 1 aliphatic carbocycles. The molecule has 1 saturated carbocycles. The quantitative estimate of drug-likeness (QED) is 0.662. The van der Waals surface area contributed by atoms with Gasteiger partial charge in [0.1, 0.15) is 6.10 Å². The molecule has 1 aromatic rings. The molecule has 0 spiro atoms. The molecule has 1 aromatic carbocycles. The molecular weight excluding hydrogens is 308 g/mol. The van der Waals surface area contributed by atoms with Gasteiger partial charge < -0.3 is 4.74 Å². The highest BCUT2D eigenvalue weighted by atomic mass is 32.2. The Morgan fingerprint density at radius 2 is 2.00 bits per heavy atom. The van der Waals surface area contributed by atoms with Crippen LogP contribution < -0.4 is 9.46 Å². The summed E-state index contributed by atoms with van der Waals surface area (Å²) in [6.45, 7) is 2.07. The molecule has 0 amide bonds. The molecule has 122 valence electrons. The number of ether oxygens (including phenoxy) is 1. The second-order valence-electron chi connectivity index (χ2n) is 5.73. The van der Waals surface area contributed by atoms with E-state index in [2.05, 4.69) is 11.6 Å². The van der Waals surface area contributed by atoms with Gasteiger partial charge in [0.15, 0.2) is 5.75 Å². The summed E-state index contributed by atoms with van der Waals surface area (Å²) in [5.41, 5.74) is 0.100. The molecule has 0 aromatic heterocycles. The average Bonchev–Trinajstić information content (AvgIpc) is 2.41. The highest BCUT2D eigenvalue weighted by Gasteiger charge is 2.25. The van der Waals surface area contributed by atoms with Gasteiger partial charge in [0.05, 0.1) is 22.9 Å². The van der Waals surface area contributed by atoms with Crippen LogP contribution in [0.1, 0.15) is 32.6 Å².